The number of carbonyl (C=O) groups excluding carboxylic acids is 2. The molecule has 1 heterocycles. The number of thiazole rings is 1. The van der Waals surface area contributed by atoms with Gasteiger partial charge in [0.1, 0.15) is 17.8 Å². The van der Waals surface area contributed by atoms with E-state index in [1.165, 1.54) is 5.38 Å². The Labute approximate surface area is 485 Å². The highest BCUT2D eigenvalue weighted by Crippen LogP contribution is 2.16. The number of guanidine groups is 1. The van der Waals surface area contributed by atoms with Crippen LogP contribution in [-0.4, -0.2) is 99.2 Å². The van der Waals surface area contributed by atoms with Gasteiger partial charge in [-0.05, 0) is 196 Å². The summed E-state index contributed by atoms with van der Waals surface area (Å²) in [6.07, 6.45) is 4.87. The Hall–Kier alpha value is -9.54. The van der Waals surface area contributed by atoms with Crippen LogP contribution in [-0.2, 0) is 83.2 Å². The molecule has 42 heteroatoms. The van der Waals surface area contributed by atoms with Gasteiger partial charge in [-0.2, -0.15) is 18.7 Å². The summed E-state index contributed by atoms with van der Waals surface area (Å²) in [6, 6.07) is -4.90. The number of oxime groups is 1. The van der Waals surface area contributed by atoms with Crippen molar-refractivity contribution in [2.45, 2.75) is 64.3 Å². The third-order valence-electron chi connectivity index (χ3n) is 6.57. The van der Waals surface area contributed by atoms with Crippen molar-refractivity contribution in [2.75, 3.05) is 12.3 Å². The van der Waals surface area contributed by atoms with Gasteiger partial charge in [0.15, 0.2) is 16.8 Å². The largest absolute Gasteiger partial charge is 0.480 e. The molecule has 13 N–H and O–H groups in total. The van der Waals surface area contributed by atoms with E-state index in [1.807, 2.05) is 0 Å². The third-order valence-corrected chi connectivity index (χ3v) is 8.04. The number of aromatic nitrogens is 1. The highest BCUT2D eigenvalue weighted by Gasteiger charge is 2.35. The first kappa shape index (κ1) is 72.5. The number of carbonyl (C=O) groups is 4. The number of aliphatic imine (C=N–C) groups is 1. The lowest BCUT2D eigenvalue weighted by atomic mass is 10.1. The van der Waals surface area contributed by atoms with Gasteiger partial charge in [0, 0.05) is 72.0 Å². The maximum Gasteiger partial charge on any atom is 0.350 e. The highest BCUT2D eigenvalue weighted by atomic mass is 32.2. The van der Waals surface area contributed by atoms with E-state index in [9.17, 15) is 42.4 Å². The summed E-state index contributed by atoms with van der Waals surface area (Å²) in [4.78, 5) is 69.9. The Morgan fingerprint density at radius 3 is 1.80 bits per heavy atom. The summed E-state index contributed by atoms with van der Waals surface area (Å²) < 4.78 is 41.0. The number of hydrogen-bond acceptors (Lipinski definition) is 26. The van der Waals surface area contributed by atoms with Crippen LogP contribution in [0.25, 0.3) is 0 Å². The van der Waals surface area contributed by atoms with E-state index in [2.05, 4.69) is 238 Å². The van der Waals surface area contributed by atoms with Gasteiger partial charge < -0.3 is 42.9 Å². The normalized spacial score (nSPS) is 11.2. The summed E-state index contributed by atoms with van der Waals surface area (Å²) in [5.41, 5.74) is 19.5. The van der Waals surface area contributed by atoms with Gasteiger partial charge in [0.05, 0.1) is 11.4 Å². The van der Waals surface area contributed by atoms with Crippen LogP contribution in [0, 0.1) is 113 Å². The Morgan fingerprint density at radius 1 is 0.850 bits per heavy atom. The first-order valence-electron chi connectivity index (χ1n) is 19.7. The number of nitrogens with zero attached hydrogens (tertiary/aromatic N) is 11. The van der Waals surface area contributed by atoms with Crippen LogP contribution >= 0.6 is 37.2 Å². The maximum atomic E-state index is 13.2. The van der Waals surface area contributed by atoms with Gasteiger partial charge in [0.25, 0.3) is 5.91 Å². The van der Waals surface area contributed by atoms with E-state index >= 15 is 0 Å². The molecule has 1 aromatic heterocycles. The number of carboxylic acid groups (broad SMARTS) is 2. The predicted molar refractivity (Wildman–Crippen MR) is 296 cm³/mol. The molecule has 0 spiro atoms. The lowest BCUT2D eigenvalue weighted by molar-refractivity contribution is -0.795. The van der Waals surface area contributed by atoms with Crippen molar-refractivity contribution in [1.82, 2.24) is 25.7 Å². The Morgan fingerprint density at radius 2 is 1.36 bits per heavy atom. The number of thiol groups is 2. The van der Waals surface area contributed by atoms with E-state index in [4.69, 9.17) is 34.0 Å². The fraction of sp³-hybridized carbons (Fsp3) is 0.289. The van der Waals surface area contributed by atoms with Crippen LogP contribution in [0.2, 0.25) is 0 Å². The topological polar surface area (TPSA) is 530 Å². The van der Waals surface area contributed by atoms with E-state index < -0.39 is 63.5 Å². The second-order valence-electron chi connectivity index (χ2n) is 12.4. The highest BCUT2D eigenvalue weighted by molar-refractivity contribution is 7.83. The minimum atomic E-state index is -4.90. The van der Waals surface area contributed by atoms with E-state index in [-0.39, 0.29) is 60.1 Å². The third kappa shape index (κ3) is 40.7. The first-order valence-corrected chi connectivity index (χ1v) is 22.7. The average Bonchev–Trinajstić information content (AvgIpc) is 2.18. The molecule has 0 aliphatic heterocycles. The van der Waals surface area contributed by atoms with Crippen LogP contribution in [0.3, 0.4) is 0 Å². The minimum Gasteiger partial charge on any atom is -0.480 e. The van der Waals surface area contributed by atoms with Crippen molar-refractivity contribution >= 4 is 88.0 Å². The summed E-state index contributed by atoms with van der Waals surface area (Å²) in [7, 11) is -4.90. The summed E-state index contributed by atoms with van der Waals surface area (Å²) in [5, 5.41) is 69.6. The lowest BCUT2D eigenvalue weighted by Gasteiger charge is -2.26. The van der Waals surface area contributed by atoms with Crippen molar-refractivity contribution in [2.24, 2.45) is 58.2 Å². The van der Waals surface area contributed by atoms with E-state index in [1.54, 1.807) is 11.6 Å². The lowest BCUT2D eigenvalue weighted by Crippen LogP contribution is -2.60. The molecule has 0 aliphatic rings. The summed E-state index contributed by atoms with van der Waals surface area (Å²) in [6.45, 7) is 5.11. The van der Waals surface area contributed by atoms with Gasteiger partial charge in [-0.3, -0.25) is 19.1 Å². The molecule has 0 saturated carbocycles. The SMILES string of the molecule is C#CC#CC#CC#CC#CC#CC#CC#CC#CC.C[C@H](NS(=O)(=O)O)[C@@H](NC(=O)/C(=N\OC(C)(C)C(=O)O)c1csc(N)n1)C(=O)N[C@@H](CCCN=C(N)N)C(=O)O.N=N/N=N/N=N/N=N/N(OOOOOS)OOOOOS.[HH].[HH].[HH].[HH].[HH].[HH].[HH].[HH].[HH].[HH].[HH].[HH].[HH]. The number of rotatable bonds is 30. The molecule has 0 radical (unpaired) electrons. The Bertz CT molecular complexity index is 3120. The molecule has 38 nitrogen and oxygen atoms in total. The minimum absolute atomic E-state index is 0. The quantitative estimate of drug-likeness (QED) is 0.00503. The van der Waals surface area contributed by atoms with Crippen LogP contribution in [0.4, 0.5) is 5.13 Å². The molecule has 80 heavy (non-hydrogen) atoms. The van der Waals surface area contributed by atoms with Gasteiger partial charge >= 0.3 is 22.2 Å². The molecule has 2 amide bonds. The smallest absolute Gasteiger partial charge is 0.350 e. The first-order chi connectivity index (χ1) is 38.1. The van der Waals surface area contributed by atoms with Crippen LogP contribution in [0.15, 0.2) is 52.1 Å². The van der Waals surface area contributed by atoms with Crippen LogP contribution in [0.1, 0.15) is 64.8 Å². The fourth-order valence-corrected chi connectivity index (χ4v) is 4.75. The predicted octanol–water partition coefficient (Wildman–Crippen LogP) is 2.40. The molecule has 0 saturated heterocycles. The molecule has 0 fully saturated rings. The second kappa shape index (κ2) is 45.6. The maximum absolute atomic E-state index is 13.2. The second-order valence-corrected chi connectivity index (χ2v) is 14.8. The van der Waals surface area contributed by atoms with Gasteiger partial charge in [-0.25, -0.2) is 14.6 Å². The number of carboxylic acids is 2. The van der Waals surface area contributed by atoms with Crippen LogP contribution in [0.5, 0.6) is 0 Å². The zero-order chi connectivity index (χ0) is 60.5. The summed E-state index contributed by atoms with van der Waals surface area (Å²) >= 11 is 7.10. The number of amides is 2. The van der Waals surface area contributed by atoms with Crippen LogP contribution < -0.4 is 32.6 Å². The molecule has 1 aromatic rings. The molecular weight excluding hydrogens is 1160 g/mol. The molecule has 0 bridgehead atoms. The molecule has 3 atom stereocenters. The Balaban J connectivity index is -0.0000000765. The van der Waals surface area contributed by atoms with Gasteiger partial charge in [0.2, 0.25) is 11.5 Å². The summed E-state index contributed by atoms with van der Waals surface area (Å²) in [5.74, 6) is 36.4. The molecular formula is C38H64N18O20S4. The Kier molecular flexibility index (Phi) is 41.4. The van der Waals surface area contributed by atoms with E-state index in [0.29, 0.717) is 0 Å². The number of aliphatic carboxylic acids is 2. The molecule has 450 valence electrons. The zero-order valence-corrected chi connectivity index (χ0v) is 44.1. The monoisotopic (exact) mass is 1220 g/mol. The zero-order valence-electron chi connectivity index (χ0n) is 40.7. The number of terminal acetylenes is 1. The fourth-order valence-electron chi connectivity index (χ4n) is 3.55. The number of nitrogens with one attached hydrogen (secondary N) is 4. The number of hydrogen-bond donors (Lipinski definition) is 12. The molecule has 1 rings (SSSR count). The van der Waals surface area contributed by atoms with Gasteiger partial charge in [-0.1, -0.05) is 11.1 Å². The standard InChI is InChI=1S/C19H31N9O10S2.C19H4.H3N9O10S2.13H2/c1-8(28-40(35,36)37)11(13(29)24-9(15(31)32)5-4-6-23-17(20)21)26-14(30)12(10-7-39-18(22)25-10)27-38-19(2,3)16(33)34;1-3-5-7-9-11-13-15-17-19-18-16-14-12-10-8-6-4-2;1-2-3-4-5-6-7-8-9(10-12-14-16-18-20)11-13-15-17-19-21;;;;;;;;;;;;;/h7-9,11,28H,4-6H2,1-3H3,(H2,22,25)(H,24,29)(H,26,30)(H,31,32)(H,33,34)(H4,20,21,23)(H,35,36,37);1H,2H3;1,20-21H;13*1H/b27-12-;;2-1?,4-3+,6-5+,8-7+;;;;;;;;;;;;;/t8-,9-,11+;;;;;;;;;;;;;;;/m0.............../s1. The number of nitrogen functional groups attached to an aromatic ring is 1. The molecule has 0 aliphatic carbocycles. The average molecular weight is 1220 g/mol. The van der Waals surface area contributed by atoms with Crippen molar-refractivity contribution in [1.29, 1.82) is 5.53 Å². The molecule has 0 unspecified atom stereocenters. The van der Waals surface area contributed by atoms with Crippen molar-refractivity contribution in [3.63, 3.8) is 0 Å². The van der Waals surface area contributed by atoms with Crippen molar-refractivity contribution in [3.05, 3.63) is 11.1 Å². The van der Waals surface area contributed by atoms with Crippen molar-refractivity contribution in [3.8, 4) is 107 Å². The number of nitrogens with two attached hydrogens (primary N) is 3. The van der Waals surface area contributed by atoms with Crippen molar-refractivity contribution < 1.29 is 115 Å². The van der Waals surface area contributed by atoms with Gasteiger partial charge in [-0.15, -0.1) is 26.4 Å². The number of anilines is 1. The molecule has 0 aromatic carbocycles. The van der Waals surface area contributed by atoms with E-state index in [0.717, 1.165) is 32.1 Å².